The van der Waals surface area contributed by atoms with Gasteiger partial charge in [-0.05, 0) is 54.8 Å². The van der Waals surface area contributed by atoms with Gasteiger partial charge in [0.1, 0.15) is 16.9 Å². The highest BCUT2D eigenvalue weighted by Crippen LogP contribution is 2.54. The van der Waals surface area contributed by atoms with Crippen molar-refractivity contribution in [3.05, 3.63) is 70.6 Å². The first-order valence-corrected chi connectivity index (χ1v) is 10.4. The van der Waals surface area contributed by atoms with Crippen LogP contribution in [-0.2, 0) is 4.74 Å². The Labute approximate surface area is 176 Å². The first-order chi connectivity index (χ1) is 14.4. The first kappa shape index (κ1) is 19.0. The monoisotopic (exact) mass is 403 g/mol. The summed E-state index contributed by atoms with van der Waals surface area (Å²) in [6.07, 6.45) is 2.93. The quantitative estimate of drug-likeness (QED) is 0.561. The minimum Gasteiger partial charge on any atom is -0.365 e. The molecule has 2 atom stereocenters. The molecule has 0 radical (unpaired) electrons. The average molecular weight is 403 g/mol. The molecule has 3 aliphatic rings. The highest BCUT2D eigenvalue weighted by atomic mass is 16.6. The predicted molar refractivity (Wildman–Crippen MR) is 117 cm³/mol. The Balaban J connectivity index is 1.40. The SMILES string of the molecule is C[C@@]12CN(c3ccc(N=O)cc3C(=O)N3CC=C(c4ccccc4)CC3)C[C@]1(C)O2. The average Bonchev–Trinajstić information content (AvgIpc) is 3.20. The Kier molecular flexibility index (Phi) is 4.29. The lowest BCUT2D eigenvalue weighted by Crippen LogP contribution is -2.36. The van der Waals surface area contributed by atoms with Gasteiger partial charge in [0.15, 0.2) is 0 Å². The molecule has 3 heterocycles. The summed E-state index contributed by atoms with van der Waals surface area (Å²) in [7, 11) is 0. The number of rotatable bonds is 4. The molecule has 2 fully saturated rings. The number of nitrogens with zero attached hydrogens (tertiary/aromatic N) is 3. The van der Waals surface area contributed by atoms with Gasteiger partial charge in [0, 0.05) is 31.9 Å². The van der Waals surface area contributed by atoms with Crippen LogP contribution in [0.4, 0.5) is 11.4 Å². The number of carbonyl (C=O) groups excluding carboxylic acids is 1. The number of hydrogen-bond donors (Lipinski definition) is 0. The maximum atomic E-state index is 13.4. The lowest BCUT2D eigenvalue weighted by atomic mass is 9.99. The Hall–Kier alpha value is -2.99. The lowest BCUT2D eigenvalue weighted by Gasteiger charge is -2.30. The Morgan fingerprint density at radius 3 is 2.43 bits per heavy atom. The van der Waals surface area contributed by atoms with E-state index in [1.54, 1.807) is 12.1 Å². The van der Waals surface area contributed by atoms with Crippen LogP contribution in [0.15, 0.2) is 59.8 Å². The number of morpholine rings is 1. The van der Waals surface area contributed by atoms with Crippen molar-refractivity contribution < 1.29 is 9.53 Å². The number of anilines is 1. The molecule has 5 rings (SSSR count). The summed E-state index contributed by atoms with van der Waals surface area (Å²) in [5.74, 6) is -0.0596. The van der Waals surface area contributed by atoms with E-state index in [1.807, 2.05) is 29.2 Å². The minimum absolute atomic E-state index is 0.0596. The van der Waals surface area contributed by atoms with Gasteiger partial charge in [-0.15, -0.1) is 4.91 Å². The molecule has 154 valence electrons. The number of benzene rings is 2. The molecule has 2 aromatic carbocycles. The van der Waals surface area contributed by atoms with Gasteiger partial charge in [0.25, 0.3) is 5.91 Å². The van der Waals surface area contributed by atoms with E-state index in [1.165, 1.54) is 11.1 Å². The number of ether oxygens (including phenoxy) is 1. The van der Waals surface area contributed by atoms with Gasteiger partial charge in [0.05, 0.1) is 5.56 Å². The minimum atomic E-state index is -0.173. The van der Waals surface area contributed by atoms with E-state index in [0.717, 1.165) is 25.2 Å². The van der Waals surface area contributed by atoms with Crippen LogP contribution in [0.2, 0.25) is 0 Å². The molecule has 2 saturated heterocycles. The van der Waals surface area contributed by atoms with Crippen LogP contribution < -0.4 is 4.90 Å². The Morgan fingerprint density at radius 1 is 1.07 bits per heavy atom. The number of nitroso groups, excluding NO2 is 1. The fraction of sp³-hybridized carbons (Fsp3) is 0.375. The first-order valence-electron chi connectivity index (χ1n) is 10.4. The summed E-state index contributed by atoms with van der Waals surface area (Å²) in [5.41, 5.74) is 3.79. The van der Waals surface area contributed by atoms with Crippen LogP contribution in [0.3, 0.4) is 0 Å². The molecule has 3 aliphatic heterocycles. The number of amides is 1. The van der Waals surface area contributed by atoms with Crippen molar-refractivity contribution in [2.45, 2.75) is 31.5 Å². The van der Waals surface area contributed by atoms with E-state index in [9.17, 15) is 9.70 Å². The number of hydrogen-bond acceptors (Lipinski definition) is 5. The second kappa shape index (κ2) is 6.77. The Morgan fingerprint density at radius 2 is 1.80 bits per heavy atom. The fourth-order valence-electron chi connectivity index (χ4n) is 4.79. The van der Waals surface area contributed by atoms with Crippen molar-refractivity contribution in [3.63, 3.8) is 0 Å². The van der Waals surface area contributed by atoms with Gasteiger partial charge in [-0.2, -0.15) is 0 Å². The Bertz CT molecular complexity index is 1030. The third-order valence-electron chi connectivity index (χ3n) is 6.81. The lowest BCUT2D eigenvalue weighted by molar-refractivity contribution is 0.0773. The maximum Gasteiger partial charge on any atom is 0.256 e. The van der Waals surface area contributed by atoms with Crippen molar-refractivity contribution in [3.8, 4) is 0 Å². The van der Waals surface area contributed by atoms with Gasteiger partial charge < -0.3 is 14.5 Å². The highest BCUT2D eigenvalue weighted by molar-refractivity contribution is 6.01. The van der Waals surface area contributed by atoms with Crippen LogP contribution in [0.25, 0.3) is 5.57 Å². The van der Waals surface area contributed by atoms with Crippen molar-refractivity contribution in [1.29, 1.82) is 0 Å². The van der Waals surface area contributed by atoms with Crippen LogP contribution in [0, 0.1) is 4.91 Å². The molecule has 0 N–H and O–H groups in total. The largest absolute Gasteiger partial charge is 0.365 e. The summed E-state index contributed by atoms with van der Waals surface area (Å²) in [4.78, 5) is 28.6. The fourth-order valence-corrected chi connectivity index (χ4v) is 4.79. The van der Waals surface area contributed by atoms with E-state index >= 15 is 0 Å². The summed E-state index contributed by atoms with van der Waals surface area (Å²) in [5, 5.41) is 3.05. The van der Waals surface area contributed by atoms with Crippen LogP contribution in [0.5, 0.6) is 0 Å². The third kappa shape index (κ3) is 3.03. The number of fused-ring (bicyclic) bond motifs is 1. The second-order valence-corrected chi connectivity index (χ2v) is 8.81. The molecule has 1 amide bonds. The van der Waals surface area contributed by atoms with Gasteiger partial charge in [-0.3, -0.25) is 4.79 Å². The van der Waals surface area contributed by atoms with Gasteiger partial charge in [-0.1, -0.05) is 36.4 Å². The van der Waals surface area contributed by atoms with Crippen molar-refractivity contribution in [2.24, 2.45) is 5.18 Å². The van der Waals surface area contributed by atoms with Gasteiger partial charge in [0.2, 0.25) is 0 Å². The molecular formula is C24H25N3O3. The molecule has 0 aliphatic carbocycles. The van der Waals surface area contributed by atoms with Gasteiger partial charge >= 0.3 is 0 Å². The normalized spacial score (nSPS) is 27.5. The molecule has 6 heteroatoms. The number of carbonyl (C=O) groups is 1. The van der Waals surface area contributed by atoms with Crippen molar-refractivity contribution in [2.75, 3.05) is 31.1 Å². The summed E-state index contributed by atoms with van der Waals surface area (Å²) in [6, 6.07) is 15.4. The standard InChI is InChI=1S/C24H25N3O3/c1-23-15-27(16-24(23,2)30-23)21-9-8-19(25-29)14-20(21)22(28)26-12-10-18(11-13-26)17-6-4-3-5-7-17/h3-10,14H,11-13,15-16H2,1-2H3/t23-,24+. The van der Waals surface area contributed by atoms with E-state index in [-0.39, 0.29) is 22.8 Å². The second-order valence-electron chi connectivity index (χ2n) is 8.81. The molecule has 30 heavy (non-hydrogen) atoms. The van der Waals surface area contributed by atoms with E-state index in [0.29, 0.717) is 18.7 Å². The maximum absolute atomic E-state index is 13.4. The van der Waals surface area contributed by atoms with E-state index < -0.39 is 0 Å². The van der Waals surface area contributed by atoms with Crippen LogP contribution >= 0.6 is 0 Å². The zero-order valence-corrected chi connectivity index (χ0v) is 17.3. The molecule has 0 saturated carbocycles. The van der Waals surface area contributed by atoms with E-state index in [4.69, 9.17) is 4.74 Å². The summed E-state index contributed by atoms with van der Waals surface area (Å²) >= 11 is 0. The van der Waals surface area contributed by atoms with E-state index in [2.05, 4.69) is 42.1 Å². The third-order valence-corrected chi connectivity index (χ3v) is 6.81. The van der Waals surface area contributed by atoms with Crippen molar-refractivity contribution >= 4 is 22.9 Å². The summed E-state index contributed by atoms with van der Waals surface area (Å²) in [6.45, 7) is 6.88. The molecule has 2 aromatic rings. The number of epoxide rings is 1. The van der Waals surface area contributed by atoms with Crippen molar-refractivity contribution in [1.82, 2.24) is 4.90 Å². The topological polar surface area (TPSA) is 65.5 Å². The molecule has 0 spiro atoms. The van der Waals surface area contributed by atoms with Crippen LogP contribution in [0.1, 0.15) is 36.2 Å². The molecule has 0 bridgehead atoms. The zero-order chi connectivity index (χ0) is 20.9. The van der Waals surface area contributed by atoms with Crippen LogP contribution in [-0.4, -0.2) is 48.2 Å². The smallest absolute Gasteiger partial charge is 0.256 e. The zero-order valence-electron chi connectivity index (χ0n) is 17.3. The van der Waals surface area contributed by atoms with Gasteiger partial charge in [-0.25, -0.2) is 0 Å². The highest BCUT2D eigenvalue weighted by Gasteiger charge is 2.69. The molecule has 6 nitrogen and oxygen atoms in total. The molecule has 0 aromatic heterocycles. The predicted octanol–water partition coefficient (Wildman–Crippen LogP) is 4.38. The molecule has 0 unspecified atom stereocenters. The summed E-state index contributed by atoms with van der Waals surface area (Å²) < 4.78 is 5.88. The molecular weight excluding hydrogens is 378 g/mol.